The van der Waals surface area contributed by atoms with Gasteiger partial charge in [-0.25, -0.2) is 17.5 Å². The number of hydrogen-bond donors (Lipinski definition) is 2. The molecule has 19 heavy (non-hydrogen) atoms. The van der Waals surface area contributed by atoms with Crippen LogP contribution < -0.4 is 10.5 Å². The molecule has 0 unspecified atom stereocenters. The molecule has 108 valence electrons. The summed E-state index contributed by atoms with van der Waals surface area (Å²) in [6, 6.07) is 4.96. The third kappa shape index (κ3) is 3.99. The lowest BCUT2D eigenvalue weighted by molar-refractivity contribution is 0.275. The van der Waals surface area contributed by atoms with Crippen molar-refractivity contribution < 1.29 is 12.8 Å². The highest BCUT2D eigenvalue weighted by atomic mass is 32.2. The Labute approximate surface area is 114 Å². The highest BCUT2D eigenvalue weighted by molar-refractivity contribution is 7.89. The monoisotopic (exact) mass is 288 g/mol. The van der Waals surface area contributed by atoms with Crippen LogP contribution >= 0.6 is 0 Å². The van der Waals surface area contributed by atoms with Crippen molar-refractivity contribution in [1.82, 2.24) is 4.72 Å². The zero-order valence-corrected chi connectivity index (χ0v) is 12.1. The first kappa shape index (κ1) is 16.1. The Kier molecular flexibility index (Phi) is 5.46. The molecule has 0 radical (unpaired) electrons. The third-order valence-corrected chi connectivity index (χ3v) is 5.08. The second-order valence-electron chi connectivity index (χ2n) is 4.69. The minimum absolute atomic E-state index is 0.0642. The van der Waals surface area contributed by atoms with Gasteiger partial charge in [-0.3, -0.25) is 0 Å². The zero-order valence-electron chi connectivity index (χ0n) is 11.3. The Morgan fingerprint density at radius 3 is 2.42 bits per heavy atom. The molecular weight excluding hydrogens is 267 g/mol. The molecular formula is C13H21FN2O2S. The fraction of sp³-hybridized carbons (Fsp3) is 0.538. The van der Waals surface area contributed by atoms with Gasteiger partial charge in [0.1, 0.15) is 5.82 Å². The van der Waals surface area contributed by atoms with Crippen molar-refractivity contribution in [2.45, 2.75) is 31.6 Å². The topological polar surface area (TPSA) is 72.2 Å². The van der Waals surface area contributed by atoms with Crippen molar-refractivity contribution in [2.75, 3.05) is 13.1 Å². The maximum atomic E-state index is 13.1. The van der Waals surface area contributed by atoms with Gasteiger partial charge in [0, 0.05) is 6.54 Å². The Balaban J connectivity index is 2.87. The molecule has 0 bridgehead atoms. The van der Waals surface area contributed by atoms with Crippen LogP contribution in [-0.4, -0.2) is 21.5 Å². The summed E-state index contributed by atoms with van der Waals surface area (Å²) in [5.41, 5.74) is 5.48. The van der Waals surface area contributed by atoms with E-state index in [0.29, 0.717) is 6.54 Å². The van der Waals surface area contributed by atoms with E-state index < -0.39 is 15.8 Å². The van der Waals surface area contributed by atoms with Gasteiger partial charge in [-0.1, -0.05) is 19.9 Å². The molecule has 1 rings (SSSR count). The van der Waals surface area contributed by atoms with Gasteiger partial charge >= 0.3 is 0 Å². The van der Waals surface area contributed by atoms with E-state index >= 15 is 0 Å². The molecule has 0 heterocycles. The van der Waals surface area contributed by atoms with Crippen LogP contribution in [0.2, 0.25) is 0 Å². The quantitative estimate of drug-likeness (QED) is 0.804. The Bertz CT molecular complexity index is 505. The summed E-state index contributed by atoms with van der Waals surface area (Å²) in [7, 11) is -3.69. The average Bonchev–Trinajstić information content (AvgIpc) is 2.41. The van der Waals surface area contributed by atoms with Gasteiger partial charge in [0.2, 0.25) is 10.0 Å². The van der Waals surface area contributed by atoms with E-state index in [9.17, 15) is 12.8 Å². The maximum Gasteiger partial charge on any atom is 0.240 e. The summed E-state index contributed by atoms with van der Waals surface area (Å²) in [5, 5.41) is 0. The molecule has 0 aliphatic heterocycles. The van der Waals surface area contributed by atoms with E-state index in [1.807, 2.05) is 13.8 Å². The van der Waals surface area contributed by atoms with Gasteiger partial charge in [-0.15, -0.1) is 0 Å². The first-order chi connectivity index (χ1) is 8.89. The number of sulfonamides is 1. The second-order valence-corrected chi connectivity index (χ2v) is 6.46. The second kappa shape index (κ2) is 6.45. The van der Waals surface area contributed by atoms with Crippen molar-refractivity contribution in [1.29, 1.82) is 0 Å². The van der Waals surface area contributed by atoms with E-state index in [1.54, 1.807) is 0 Å². The predicted molar refractivity (Wildman–Crippen MR) is 73.7 cm³/mol. The van der Waals surface area contributed by atoms with Crippen molar-refractivity contribution >= 4 is 10.0 Å². The van der Waals surface area contributed by atoms with Crippen LogP contribution in [0.4, 0.5) is 4.39 Å². The number of halogens is 1. The van der Waals surface area contributed by atoms with E-state index in [-0.39, 0.29) is 16.9 Å². The SMILES string of the molecule is CCC(CC)(CN)CNS(=O)(=O)c1cccc(F)c1. The minimum Gasteiger partial charge on any atom is -0.330 e. The lowest BCUT2D eigenvalue weighted by Gasteiger charge is -2.30. The lowest BCUT2D eigenvalue weighted by Crippen LogP contribution is -2.41. The molecule has 4 nitrogen and oxygen atoms in total. The zero-order chi connectivity index (χ0) is 14.5. The summed E-state index contributed by atoms with van der Waals surface area (Å²) in [4.78, 5) is -0.0642. The van der Waals surface area contributed by atoms with Crippen molar-refractivity contribution in [2.24, 2.45) is 11.1 Å². The smallest absolute Gasteiger partial charge is 0.240 e. The Hall–Kier alpha value is -0.980. The Morgan fingerprint density at radius 1 is 1.32 bits per heavy atom. The van der Waals surface area contributed by atoms with Crippen LogP contribution in [0.5, 0.6) is 0 Å². The number of benzene rings is 1. The summed E-state index contributed by atoms with van der Waals surface area (Å²) < 4.78 is 39.7. The molecule has 3 N–H and O–H groups in total. The van der Waals surface area contributed by atoms with Crippen LogP contribution in [0.1, 0.15) is 26.7 Å². The molecule has 0 fully saturated rings. The van der Waals surface area contributed by atoms with Crippen molar-refractivity contribution in [3.63, 3.8) is 0 Å². The first-order valence-corrected chi connectivity index (χ1v) is 7.83. The fourth-order valence-corrected chi connectivity index (χ4v) is 3.01. The van der Waals surface area contributed by atoms with E-state index in [1.165, 1.54) is 18.2 Å². The van der Waals surface area contributed by atoms with Gasteiger partial charge in [0.15, 0.2) is 0 Å². The Morgan fingerprint density at radius 2 is 1.95 bits per heavy atom. The molecule has 0 aliphatic carbocycles. The number of hydrogen-bond acceptors (Lipinski definition) is 3. The number of nitrogens with two attached hydrogens (primary N) is 1. The third-order valence-electron chi connectivity index (χ3n) is 3.68. The highest BCUT2D eigenvalue weighted by Gasteiger charge is 2.27. The standard InChI is InChI=1S/C13H21FN2O2S/c1-3-13(4-2,9-15)10-16-19(17,18)12-7-5-6-11(14)8-12/h5-8,16H,3-4,9-10,15H2,1-2H3. The largest absolute Gasteiger partial charge is 0.330 e. The highest BCUT2D eigenvalue weighted by Crippen LogP contribution is 2.24. The van der Waals surface area contributed by atoms with Crippen LogP contribution in [0.25, 0.3) is 0 Å². The van der Waals surface area contributed by atoms with Crippen molar-refractivity contribution in [3.05, 3.63) is 30.1 Å². The molecule has 0 aromatic heterocycles. The predicted octanol–water partition coefficient (Wildman–Crippen LogP) is 1.87. The molecule has 0 atom stereocenters. The van der Waals surface area contributed by atoms with Crippen LogP contribution in [0.3, 0.4) is 0 Å². The normalized spacial score (nSPS) is 12.6. The molecule has 0 spiro atoms. The first-order valence-electron chi connectivity index (χ1n) is 6.34. The minimum atomic E-state index is -3.69. The molecule has 1 aromatic carbocycles. The van der Waals surface area contributed by atoms with Gasteiger partial charge < -0.3 is 5.73 Å². The summed E-state index contributed by atoms with van der Waals surface area (Å²) in [6.07, 6.45) is 1.57. The summed E-state index contributed by atoms with van der Waals surface area (Å²) in [6.45, 7) is 4.63. The van der Waals surface area contributed by atoms with Gasteiger partial charge in [0.25, 0.3) is 0 Å². The lowest BCUT2D eigenvalue weighted by atomic mass is 9.83. The van der Waals surface area contributed by atoms with E-state index in [2.05, 4.69) is 4.72 Å². The molecule has 0 amide bonds. The summed E-state index contributed by atoms with van der Waals surface area (Å²) >= 11 is 0. The maximum absolute atomic E-state index is 13.1. The number of nitrogens with one attached hydrogen (secondary N) is 1. The molecule has 0 saturated heterocycles. The van der Waals surface area contributed by atoms with Gasteiger partial charge in [0.05, 0.1) is 4.90 Å². The van der Waals surface area contributed by atoms with E-state index in [0.717, 1.165) is 18.9 Å². The summed E-state index contributed by atoms with van der Waals surface area (Å²) in [5.74, 6) is -0.570. The average molecular weight is 288 g/mol. The van der Waals surface area contributed by atoms with Crippen molar-refractivity contribution in [3.8, 4) is 0 Å². The molecule has 0 saturated carbocycles. The number of rotatable bonds is 7. The van der Waals surface area contributed by atoms with Gasteiger partial charge in [-0.05, 0) is 43.0 Å². The van der Waals surface area contributed by atoms with Crippen LogP contribution in [-0.2, 0) is 10.0 Å². The molecule has 1 aromatic rings. The fourth-order valence-electron chi connectivity index (χ4n) is 1.83. The molecule has 6 heteroatoms. The van der Waals surface area contributed by atoms with Crippen LogP contribution in [0.15, 0.2) is 29.2 Å². The van der Waals surface area contributed by atoms with Crippen LogP contribution in [0, 0.1) is 11.2 Å². The van der Waals surface area contributed by atoms with E-state index in [4.69, 9.17) is 5.73 Å². The molecule has 0 aliphatic rings. The van der Waals surface area contributed by atoms with Gasteiger partial charge in [-0.2, -0.15) is 0 Å².